The van der Waals surface area contributed by atoms with E-state index in [0.29, 0.717) is 10.7 Å². The van der Waals surface area contributed by atoms with Crippen LogP contribution in [0.4, 0.5) is 0 Å². The van der Waals surface area contributed by atoms with E-state index >= 15 is 0 Å². The van der Waals surface area contributed by atoms with Gasteiger partial charge >= 0.3 is 0 Å². The zero-order valence-corrected chi connectivity index (χ0v) is 11.7. The molecule has 1 aromatic heterocycles. The van der Waals surface area contributed by atoms with Gasteiger partial charge in [-0.2, -0.15) is 10.2 Å². The second-order valence-electron chi connectivity index (χ2n) is 3.77. The maximum atomic E-state index is 6.10. The number of hydrogen-bond donors (Lipinski definition) is 2. The smallest absolute Gasteiger partial charge is 0.184 e. The predicted octanol–water partition coefficient (Wildman–Crippen LogP) is 2.00. The van der Waals surface area contributed by atoms with Gasteiger partial charge in [-0.25, -0.2) is 4.68 Å². The number of thiocarbonyl (C=S) groups is 1. The Morgan fingerprint density at radius 1 is 1.47 bits per heavy atom. The molecule has 0 atom stereocenters. The summed E-state index contributed by atoms with van der Waals surface area (Å²) >= 11 is 10.8. The SMILES string of the molecule is Cc1c(/C=N\NC(N)=S)c(Cl)nn1-c1ccccc1. The average molecular weight is 294 g/mol. The third-order valence-electron chi connectivity index (χ3n) is 2.49. The van der Waals surface area contributed by atoms with E-state index < -0.39 is 0 Å². The summed E-state index contributed by atoms with van der Waals surface area (Å²) in [6, 6.07) is 9.71. The highest BCUT2D eigenvalue weighted by atomic mass is 35.5. The average Bonchev–Trinajstić information content (AvgIpc) is 2.67. The minimum Gasteiger partial charge on any atom is -0.375 e. The Morgan fingerprint density at radius 3 is 2.79 bits per heavy atom. The van der Waals surface area contributed by atoms with Gasteiger partial charge < -0.3 is 5.73 Å². The van der Waals surface area contributed by atoms with Crippen LogP contribution >= 0.6 is 23.8 Å². The first-order valence-electron chi connectivity index (χ1n) is 5.48. The standard InChI is InChI=1S/C12H12ClN5S/c1-8-10(7-15-16-12(14)19)11(13)17-18(8)9-5-3-2-4-6-9/h2-7H,1H3,(H3,14,16,19)/b15-7-. The van der Waals surface area contributed by atoms with E-state index in [2.05, 4.69) is 27.8 Å². The Morgan fingerprint density at radius 2 is 2.16 bits per heavy atom. The predicted molar refractivity (Wildman–Crippen MR) is 80.8 cm³/mol. The lowest BCUT2D eigenvalue weighted by Crippen LogP contribution is -2.24. The summed E-state index contributed by atoms with van der Waals surface area (Å²) in [6.45, 7) is 1.91. The van der Waals surface area contributed by atoms with Crippen molar-refractivity contribution in [3.63, 3.8) is 0 Å². The molecule has 1 heterocycles. The maximum Gasteiger partial charge on any atom is 0.184 e. The highest BCUT2D eigenvalue weighted by molar-refractivity contribution is 7.80. The molecule has 2 rings (SSSR count). The largest absolute Gasteiger partial charge is 0.375 e. The van der Waals surface area contributed by atoms with Gasteiger partial charge in [0.25, 0.3) is 0 Å². The third kappa shape index (κ3) is 3.10. The van der Waals surface area contributed by atoms with Gasteiger partial charge in [0, 0.05) is 0 Å². The molecule has 0 aliphatic carbocycles. The molecule has 0 aliphatic rings. The van der Waals surface area contributed by atoms with E-state index in [4.69, 9.17) is 17.3 Å². The number of nitrogens with zero attached hydrogens (tertiary/aromatic N) is 3. The molecule has 1 aromatic carbocycles. The molecule has 0 unspecified atom stereocenters. The summed E-state index contributed by atoms with van der Waals surface area (Å²) in [7, 11) is 0. The van der Waals surface area contributed by atoms with E-state index in [0.717, 1.165) is 11.4 Å². The summed E-state index contributed by atoms with van der Waals surface area (Å²) in [5.74, 6) is 0. The molecule has 0 fully saturated rings. The number of nitrogens with one attached hydrogen (secondary N) is 1. The fourth-order valence-corrected chi connectivity index (χ4v) is 1.92. The van der Waals surface area contributed by atoms with Gasteiger partial charge in [0.05, 0.1) is 23.2 Å². The van der Waals surface area contributed by atoms with Gasteiger partial charge in [-0.1, -0.05) is 29.8 Å². The van der Waals surface area contributed by atoms with E-state index in [1.807, 2.05) is 37.3 Å². The zero-order chi connectivity index (χ0) is 13.8. The first kappa shape index (κ1) is 13.5. The lowest BCUT2D eigenvalue weighted by molar-refractivity contribution is 0.847. The van der Waals surface area contributed by atoms with Crippen LogP contribution in [0, 0.1) is 6.92 Å². The lowest BCUT2D eigenvalue weighted by atomic mass is 10.2. The van der Waals surface area contributed by atoms with Crippen LogP contribution in [0.15, 0.2) is 35.4 Å². The first-order valence-corrected chi connectivity index (χ1v) is 6.27. The topological polar surface area (TPSA) is 68.2 Å². The van der Waals surface area contributed by atoms with E-state index in [9.17, 15) is 0 Å². The van der Waals surface area contributed by atoms with Crippen LogP contribution in [0.2, 0.25) is 5.15 Å². The first-order chi connectivity index (χ1) is 9.09. The van der Waals surface area contributed by atoms with Gasteiger partial charge in [0.2, 0.25) is 0 Å². The van der Waals surface area contributed by atoms with Crippen LogP contribution in [-0.2, 0) is 0 Å². The van der Waals surface area contributed by atoms with E-state index in [-0.39, 0.29) is 5.11 Å². The second-order valence-corrected chi connectivity index (χ2v) is 4.57. The van der Waals surface area contributed by atoms with E-state index in [1.165, 1.54) is 0 Å². The summed E-state index contributed by atoms with van der Waals surface area (Å²) in [5.41, 5.74) is 10.3. The number of nitrogens with two attached hydrogens (primary N) is 1. The Bertz CT molecular complexity index is 621. The second kappa shape index (κ2) is 5.81. The van der Waals surface area contributed by atoms with Crippen molar-refractivity contribution in [2.75, 3.05) is 0 Å². The molecule has 0 bridgehead atoms. The number of hydrazone groups is 1. The molecule has 0 saturated carbocycles. The molecule has 98 valence electrons. The zero-order valence-electron chi connectivity index (χ0n) is 10.2. The lowest BCUT2D eigenvalue weighted by Gasteiger charge is -2.03. The Labute approximate surface area is 121 Å². The van der Waals surface area contributed by atoms with Gasteiger partial charge in [0.1, 0.15) is 0 Å². The minimum atomic E-state index is 0.0977. The fourth-order valence-electron chi connectivity index (χ4n) is 1.61. The minimum absolute atomic E-state index is 0.0977. The molecular formula is C12H12ClN5S. The van der Waals surface area contributed by atoms with Crippen LogP contribution < -0.4 is 11.2 Å². The summed E-state index contributed by atoms with van der Waals surface area (Å²) in [5, 5.41) is 8.64. The van der Waals surface area contributed by atoms with Crippen molar-refractivity contribution in [2.24, 2.45) is 10.8 Å². The van der Waals surface area contributed by atoms with Crippen molar-refractivity contribution in [1.82, 2.24) is 15.2 Å². The number of rotatable bonds is 3. The van der Waals surface area contributed by atoms with Gasteiger partial charge in [-0.15, -0.1) is 0 Å². The summed E-state index contributed by atoms with van der Waals surface area (Å²) < 4.78 is 1.75. The fraction of sp³-hybridized carbons (Fsp3) is 0.0833. The van der Waals surface area contributed by atoms with Crippen LogP contribution in [0.3, 0.4) is 0 Å². The molecule has 2 aromatic rings. The highest BCUT2D eigenvalue weighted by Crippen LogP contribution is 2.20. The highest BCUT2D eigenvalue weighted by Gasteiger charge is 2.12. The Kier molecular flexibility index (Phi) is 4.13. The molecular weight excluding hydrogens is 282 g/mol. The van der Waals surface area contributed by atoms with Gasteiger partial charge in [-0.05, 0) is 31.3 Å². The third-order valence-corrected chi connectivity index (χ3v) is 2.86. The molecule has 5 nitrogen and oxygen atoms in total. The monoisotopic (exact) mass is 293 g/mol. The number of para-hydroxylation sites is 1. The molecule has 0 aliphatic heterocycles. The molecule has 0 radical (unpaired) electrons. The summed E-state index contributed by atoms with van der Waals surface area (Å²) in [6.07, 6.45) is 1.54. The van der Waals surface area contributed by atoms with Crippen molar-refractivity contribution in [1.29, 1.82) is 0 Å². The van der Waals surface area contributed by atoms with Crippen LogP contribution in [0.5, 0.6) is 0 Å². The van der Waals surface area contributed by atoms with Crippen LogP contribution in [0.25, 0.3) is 5.69 Å². The summed E-state index contributed by atoms with van der Waals surface area (Å²) in [4.78, 5) is 0. The van der Waals surface area contributed by atoms with Crippen molar-refractivity contribution >= 4 is 35.1 Å². The molecule has 0 spiro atoms. The van der Waals surface area contributed by atoms with Crippen molar-refractivity contribution in [3.05, 3.63) is 46.7 Å². The quantitative estimate of drug-likeness (QED) is 0.516. The number of benzene rings is 1. The molecule has 3 N–H and O–H groups in total. The molecule has 0 amide bonds. The van der Waals surface area contributed by atoms with Gasteiger partial charge in [-0.3, -0.25) is 5.43 Å². The number of aromatic nitrogens is 2. The number of hydrogen-bond acceptors (Lipinski definition) is 3. The molecule has 19 heavy (non-hydrogen) atoms. The Balaban J connectivity index is 2.35. The van der Waals surface area contributed by atoms with E-state index in [1.54, 1.807) is 10.9 Å². The van der Waals surface area contributed by atoms with Crippen molar-refractivity contribution < 1.29 is 0 Å². The van der Waals surface area contributed by atoms with Crippen molar-refractivity contribution in [3.8, 4) is 5.69 Å². The number of halogens is 1. The molecule has 0 saturated heterocycles. The van der Waals surface area contributed by atoms with Crippen LogP contribution in [0.1, 0.15) is 11.3 Å². The van der Waals surface area contributed by atoms with Gasteiger partial charge in [0.15, 0.2) is 10.3 Å². The Hall–Kier alpha value is -1.92. The molecule has 7 heteroatoms. The van der Waals surface area contributed by atoms with Crippen molar-refractivity contribution in [2.45, 2.75) is 6.92 Å². The maximum absolute atomic E-state index is 6.10. The normalized spacial score (nSPS) is 10.8. The van der Waals surface area contributed by atoms with Crippen LogP contribution in [-0.4, -0.2) is 21.1 Å².